The van der Waals surface area contributed by atoms with Gasteiger partial charge in [-0.05, 0) is 36.2 Å². The van der Waals surface area contributed by atoms with Gasteiger partial charge in [-0.15, -0.1) is 0 Å². The zero-order valence-corrected chi connectivity index (χ0v) is 18.4. The van der Waals surface area contributed by atoms with E-state index in [-0.39, 0.29) is 16.5 Å². The van der Waals surface area contributed by atoms with Gasteiger partial charge in [0.1, 0.15) is 22.4 Å². The maximum absolute atomic E-state index is 13.3. The molecular weight excluding hydrogens is 445 g/mol. The fourth-order valence-electron chi connectivity index (χ4n) is 2.98. The number of amides is 2. The molecule has 6 nitrogen and oxygen atoms in total. The smallest absolute Gasteiger partial charge is 0.264 e. The lowest BCUT2D eigenvalue weighted by Gasteiger charge is -2.19. The summed E-state index contributed by atoms with van der Waals surface area (Å²) in [6.45, 7) is 0. The minimum atomic E-state index is -0.559. The van der Waals surface area contributed by atoms with Crippen LogP contribution in [0.1, 0.15) is 5.56 Å². The van der Waals surface area contributed by atoms with Gasteiger partial charge in [0.2, 0.25) is 5.91 Å². The summed E-state index contributed by atoms with van der Waals surface area (Å²) in [7, 11) is 2.96. The van der Waals surface area contributed by atoms with Gasteiger partial charge in [-0.2, -0.15) is 5.26 Å². The summed E-state index contributed by atoms with van der Waals surface area (Å²) in [5.74, 6) is -0.252. The van der Waals surface area contributed by atoms with Gasteiger partial charge < -0.3 is 10.1 Å². The molecule has 0 radical (unpaired) electrons. The molecule has 2 aromatic carbocycles. The first-order valence-electron chi connectivity index (χ1n) is 8.84. The van der Waals surface area contributed by atoms with Crippen molar-refractivity contribution >= 4 is 52.5 Å². The number of ether oxygens (including phenoxy) is 1. The predicted octanol–water partition coefficient (Wildman–Crippen LogP) is 4.17. The van der Waals surface area contributed by atoms with Crippen LogP contribution in [0.4, 0.5) is 5.69 Å². The number of hydrogen-bond acceptors (Lipinski definition) is 5. The van der Waals surface area contributed by atoms with Gasteiger partial charge in [0.25, 0.3) is 5.91 Å². The number of nitrogens with zero attached hydrogens (tertiary/aromatic N) is 2. The van der Waals surface area contributed by atoms with Gasteiger partial charge in [-0.1, -0.05) is 47.1 Å². The molecule has 0 aliphatic carbocycles. The van der Waals surface area contributed by atoms with Gasteiger partial charge in [-0.25, -0.2) is 0 Å². The zero-order chi connectivity index (χ0) is 21.8. The van der Waals surface area contributed by atoms with Crippen LogP contribution in [0, 0.1) is 11.3 Å². The van der Waals surface area contributed by atoms with Crippen LogP contribution in [-0.4, -0.2) is 31.2 Å². The fourth-order valence-corrected chi connectivity index (χ4v) is 4.61. The summed E-state index contributed by atoms with van der Waals surface area (Å²) in [6, 6.07) is 14.0. The van der Waals surface area contributed by atoms with Crippen molar-refractivity contribution in [3.8, 4) is 11.8 Å². The molecule has 0 bridgehead atoms. The highest BCUT2D eigenvalue weighted by Gasteiger charge is 2.40. The molecule has 1 saturated heterocycles. The van der Waals surface area contributed by atoms with Gasteiger partial charge in [0.05, 0.1) is 28.1 Å². The molecule has 2 aromatic rings. The topological polar surface area (TPSA) is 82.4 Å². The lowest BCUT2D eigenvalue weighted by atomic mass is 10.1. The SMILES string of the molecule is CNC(=O)C(C#N)=C1SC(Cc2ccc(Cl)c(Cl)c2)C(=O)N1c1cccc(OC)c1. The van der Waals surface area contributed by atoms with Crippen LogP contribution in [0.25, 0.3) is 0 Å². The molecule has 0 spiro atoms. The van der Waals surface area contributed by atoms with Crippen LogP contribution >= 0.6 is 35.0 Å². The number of methoxy groups -OCH3 is 1. The Bertz CT molecular complexity index is 1080. The van der Waals surface area contributed by atoms with Crippen LogP contribution in [-0.2, 0) is 16.0 Å². The van der Waals surface area contributed by atoms with E-state index in [4.69, 9.17) is 27.9 Å². The highest BCUT2D eigenvalue weighted by atomic mass is 35.5. The van der Waals surface area contributed by atoms with Crippen molar-refractivity contribution < 1.29 is 14.3 Å². The Morgan fingerprint density at radius 2 is 2.03 bits per heavy atom. The van der Waals surface area contributed by atoms with E-state index in [0.717, 1.165) is 5.56 Å². The Morgan fingerprint density at radius 3 is 2.67 bits per heavy atom. The van der Waals surface area contributed by atoms with Crippen molar-refractivity contribution in [2.75, 3.05) is 19.1 Å². The van der Waals surface area contributed by atoms with Crippen LogP contribution in [0.2, 0.25) is 10.0 Å². The Labute approximate surface area is 188 Å². The van der Waals surface area contributed by atoms with Gasteiger partial charge in [0, 0.05) is 13.1 Å². The van der Waals surface area contributed by atoms with Crippen molar-refractivity contribution in [2.45, 2.75) is 11.7 Å². The first-order valence-corrected chi connectivity index (χ1v) is 10.5. The number of benzene rings is 2. The summed E-state index contributed by atoms with van der Waals surface area (Å²) in [5, 5.41) is 12.6. The second kappa shape index (κ2) is 9.43. The monoisotopic (exact) mass is 461 g/mol. The Morgan fingerprint density at radius 1 is 1.27 bits per heavy atom. The molecule has 154 valence electrons. The molecule has 0 saturated carbocycles. The van der Waals surface area contributed by atoms with E-state index >= 15 is 0 Å². The van der Waals surface area contributed by atoms with Crippen LogP contribution in [0.3, 0.4) is 0 Å². The average Bonchev–Trinajstić information content (AvgIpc) is 3.06. The third-order valence-electron chi connectivity index (χ3n) is 4.45. The average molecular weight is 462 g/mol. The number of hydrogen-bond donors (Lipinski definition) is 1. The summed E-state index contributed by atoms with van der Waals surface area (Å²) in [5.41, 5.74) is 1.20. The summed E-state index contributed by atoms with van der Waals surface area (Å²) >= 11 is 13.3. The van der Waals surface area contributed by atoms with E-state index in [1.807, 2.05) is 6.07 Å². The Kier molecular flexibility index (Phi) is 6.93. The number of nitrogens with one attached hydrogen (secondary N) is 1. The van der Waals surface area contributed by atoms with E-state index in [0.29, 0.717) is 27.9 Å². The molecule has 3 rings (SSSR count). The molecular formula is C21H17Cl2N3O3S. The maximum atomic E-state index is 13.3. The molecule has 1 fully saturated rings. The Balaban J connectivity index is 2.05. The van der Waals surface area contributed by atoms with Gasteiger partial charge in [-0.3, -0.25) is 14.5 Å². The van der Waals surface area contributed by atoms with Crippen LogP contribution in [0.5, 0.6) is 5.75 Å². The third-order valence-corrected chi connectivity index (χ3v) is 6.45. The van der Waals surface area contributed by atoms with Gasteiger partial charge in [0.15, 0.2) is 0 Å². The van der Waals surface area contributed by atoms with Crippen LogP contribution in [0.15, 0.2) is 53.1 Å². The predicted molar refractivity (Wildman–Crippen MR) is 119 cm³/mol. The molecule has 1 N–H and O–H groups in total. The number of nitriles is 1. The fraction of sp³-hybridized carbons (Fsp3) is 0.190. The molecule has 1 atom stereocenters. The second-order valence-corrected chi connectivity index (χ2v) is 8.31. The molecule has 9 heteroatoms. The number of rotatable bonds is 5. The van der Waals surface area contributed by atoms with E-state index in [9.17, 15) is 14.9 Å². The van der Waals surface area contributed by atoms with E-state index in [1.54, 1.807) is 42.5 Å². The van der Waals surface area contributed by atoms with Crippen molar-refractivity contribution in [2.24, 2.45) is 0 Å². The minimum Gasteiger partial charge on any atom is -0.497 e. The van der Waals surface area contributed by atoms with E-state index in [2.05, 4.69) is 5.32 Å². The quantitative estimate of drug-likeness (QED) is 0.533. The number of carbonyl (C=O) groups excluding carboxylic acids is 2. The molecule has 1 aliphatic rings. The van der Waals surface area contributed by atoms with Crippen molar-refractivity contribution in [3.05, 3.63) is 68.7 Å². The molecule has 0 aromatic heterocycles. The summed E-state index contributed by atoms with van der Waals surface area (Å²) < 4.78 is 5.25. The molecule has 1 heterocycles. The summed E-state index contributed by atoms with van der Waals surface area (Å²) in [4.78, 5) is 27.0. The molecule has 30 heavy (non-hydrogen) atoms. The van der Waals surface area contributed by atoms with E-state index < -0.39 is 11.2 Å². The summed E-state index contributed by atoms with van der Waals surface area (Å²) in [6.07, 6.45) is 0.358. The highest BCUT2D eigenvalue weighted by molar-refractivity contribution is 8.05. The van der Waals surface area contributed by atoms with Crippen molar-refractivity contribution in [1.29, 1.82) is 5.26 Å². The highest BCUT2D eigenvalue weighted by Crippen LogP contribution is 2.42. The number of carbonyl (C=O) groups is 2. The third kappa shape index (κ3) is 4.41. The van der Waals surface area contributed by atoms with Crippen LogP contribution < -0.4 is 15.0 Å². The number of thioether (sulfide) groups is 1. The minimum absolute atomic E-state index is 0.129. The second-order valence-electron chi connectivity index (χ2n) is 6.31. The molecule has 2 amide bonds. The lowest BCUT2D eigenvalue weighted by molar-refractivity contribution is -0.117. The Hall–Kier alpha value is -2.66. The normalized spacial score (nSPS) is 17.5. The van der Waals surface area contributed by atoms with Gasteiger partial charge >= 0.3 is 0 Å². The van der Waals surface area contributed by atoms with Crippen molar-refractivity contribution in [3.63, 3.8) is 0 Å². The zero-order valence-electron chi connectivity index (χ0n) is 16.1. The van der Waals surface area contributed by atoms with Crippen molar-refractivity contribution in [1.82, 2.24) is 5.32 Å². The first kappa shape index (κ1) is 22.0. The lowest BCUT2D eigenvalue weighted by Crippen LogP contribution is -2.31. The number of halogens is 2. The number of likely N-dealkylation sites (N-methyl/N-ethyl adjacent to an activating group) is 1. The first-order chi connectivity index (χ1) is 14.4. The largest absolute Gasteiger partial charge is 0.497 e. The van der Waals surface area contributed by atoms with E-state index in [1.165, 1.54) is 30.8 Å². The number of anilines is 1. The molecule has 1 unspecified atom stereocenters. The maximum Gasteiger partial charge on any atom is 0.264 e. The molecule has 1 aliphatic heterocycles. The standard InChI is InChI=1S/C21H17Cl2N3O3S/c1-25-19(27)15(11-24)21-26(13-4-3-5-14(10-13)29-2)20(28)18(30-21)9-12-6-7-16(22)17(23)8-12/h3-8,10,18H,9H2,1-2H3,(H,25,27).